The number of halogens is 1. The van der Waals surface area contributed by atoms with Crippen molar-refractivity contribution in [1.82, 2.24) is 20.0 Å². The highest BCUT2D eigenvalue weighted by Gasteiger charge is 2.78. The number of anilines is 1. The summed E-state index contributed by atoms with van der Waals surface area (Å²) in [4.78, 5) is 59.7. The molecule has 16 heteroatoms. The molecule has 1 saturated carbocycles. The Hall–Kier alpha value is -4.24. The number of likely N-dealkylation sites (N-methyl/N-ethyl adjacent to an activating group) is 2. The third-order valence-corrected chi connectivity index (χ3v) is 17.9. The third-order valence-electron chi connectivity index (χ3n) is 17.6. The molecule has 2 bridgehead atoms. The van der Waals surface area contributed by atoms with Gasteiger partial charge >= 0.3 is 11.9 Å². The number of carbonyl (C=O) groups excluding carboxylic acids is 4. The minimum atomic E-state index is -2.31. The molecule has 3 fully saturated rings. The SMILES string of the molecule is CCC1(O)C[C@@H]2CN(CCC3=C(Cc4ccccc43)[C@](C)(c3cc4c(cc3C)N(C)C3C45CCN4CC=C[C@@](CC)(C45)[C@H](O)[C@@]3(O)C(=O)NCCOC(=O)CN(C)C(=O)CCC(=O)OPF)C2)C1. The number of nitrogens with zero attached hydrogens (tertiary/aromatic N) is 4. The van der Waals surface area contributed by atoms with Crippen LogP contribution >= 0.6 is 9.12 Å². The predicted molar refractivity (Wildman–Crippen MR) is 258 cm³/mol. The number of aliphatic hydroxyl groups is 3. The lowest BCUT2D eigenvalue weighted by Gasteiger charge is -2.63. The van der Waals surface area contributed by atoms with E-state index in [1.807, 2.05) is 24.9 Å². The van der Waals surface area contributed by atoms with Gasteiger partial charge in [0.05, 0.1) is 24.6 Å². The van der Waals surface area contributed by atoms with Crippen LogP contribution < -0.4 is 10.2 Å². The molecule has 2 aromatic carbocycles. The summed E-state index contributed by atoms with van der Waals surface area (Å²) in [5.74, 6) is -2.64. The van der Waals surface area contributed by atoms with E-state index in [4.69, 9.17) is 4.74 Å². The van der Waals surface area contributed by atoms with Crippen molar-refractivity contribution in [1.29, 1.82) is 0 Å². The second-order valence-electron chi connectivity index (χ2n) is 21.2. The quantitative estimate of drug-likeness (QED) is 0.0951. The lowest BCUT2D eigenvalue weighted by Crippen LogP contribution is -2.81. The van der Waals surface area contributed by atoms with Gasteiger partial charge in [-0.15, -0.1) is 0 Å². The zero-order valence-corrected chi connectivity index (χ0v) is 41.4. The van der Waals surface area contributed by atoms with Gasteiger partial charge in [-0.1, -0.05) is 68.8 Å². The van der Waals surface area contributed by atoms with E-state index in [0.717, 1.165) is 67.0 Å². The number of hydrogen-bond donors (Lipinski definition) is 4. The van der Waals surface area contributed by atoms with Gasteiger partial charge in [-0.3, -0.25) is 29.0 Å². The normalized spacial score (nSPS) is 34.6. The molecule has 5 aliphatic heterocycles. The highest BCUT2D eigenvalue weighted by Crippen LogP contribution is 2.67. The fraction of sp³-hybridized carbons (Fsp3) is 0.615. The van der Waals surface area contributed by atoms with Gasteiger partial charge in [0.1, 0.15) is 19.3 Å². The first-order chi connectivity index (χ1) is 32.4. The number of amides is 2. The van der Waals surface area contributed by atoms with Gasteiger partial charge < -0.3 is 39.7 Å². The Bertz CT molecular complexity index is 2440. The fourth-order valence-corrected chi connectivity index (χ4v) is 14.9. The van der Waals surface area contributed by atoms with E-state index in [0.29, 0.717) is 32.4 Å². The number of carbonyl (C=O) groups is 4. The van der Waals surface area contributed by atoms with E-state index in [9.17, 15) is 38.7 Å². The molecular formula is C52H69FN5O9P. The van der Waals surface area contributed by atoms with Gasteiger partial charge in [0, 0.05) is 74.7 Å². The topological polar surface area (TPSA) is 172 Å². The van der Waals surface area contributed by atoms with Crippen molar-refractivity contribution in [3.05, 3.63) is 81.9 Å². The van der Waals surface area contributed by atoms with Crippen molar-refractivity contribution in [2.75, 3.05) is 71.4 Å². The Balaban J connectivity index is 1.06. The molecule has 2 aliphatic carbocycles. The molecular weight excluding hydrogens is 889 g/mol. The van der Waals surface area contributed by atoms with E-state index < -0.39 is 79.0 Å². The van der Waals surface area contributed by atoms with Crippen molar-refractivity contribution < 1.29 is 48.0 Å². The minimum Gasteiger partial charge on any atom is -0.462 e. The number of piperidine rings is 1. The van der Waals surface area contributed by atoms with Crippen LogP contribution in [0.1, 0.15) is 100.0 Å². The average molecular weight is 958 g/mol. The van der Waals surface area contributed by atoms with Gasteiger partial charge in [0.2, 0.25) is 5.91 Å². The van der Waals surface area contributed by atoms with Crippen LogP contribution in [-0.4, -0.2) is 150 Å². The van der Waals surface area contributed by atoms with E-state index in [1.165, 1.54) is 34.9 Å². The monoisotopic (exact) mass is 957 g/mol. The van der Waals surface area contributed by atoms with Gasteiger partial charge in [0.25, 0.3) is 15.0 Å². The van der Waals surface area contributed by atoms with Crippen molar-refractivity contribution in [2.45, 2.75) is 126 Å². The zero-order valence-electron chi connectivity index (χ0n) is 40.4. The van der Waals surface area contributed by atoms with Crippen LogP contribution in [0.4, 0.5) is 9.88 Å². The molecule has 368 valence electrons. The van der Waals surface area contributed by atoms with Crippen LogP contribution in [0.5, 0.6) is 0 Å². The van der Waals surface area contributed by atoms with Crippen LogP contribution in [-0.2, 0) is 45.7 Å². The summed E-state index contributed by atoms with van der Waals surface area (Å²) >= 11 is 0. The van der Waals surface area contributed by atoms with E-state index in [1.54, 1.807) is 0 Å². The van der Waals surface area contributed by atoms with Crippen molar-refractivity contribution >= 4 is 44.1 Å². The molecule has 0 aromatic heterocycles. The first-order valence-electron chi connectivity index (χ1n) is 24.6. The number of nitrogens with one attached hydrogen (secondary N) is 1. The summed E-state index contributed by atoms with van der Waals surface area (Å²) in [5.41, 5.74) is 4.66. The number of aryl methyl sites for hydroxylation is 1. The lowest BCUT2D eigenvalue weighted by atomic mass is 9.47. The van der Waals surface area contributed by atoms with Crippen LogP contribution in [0.15, 0.2) is 54.1 Å². The largest absolute Gasteiger partial charge is 0.462 e. The first-order valence-corrected chi connectivity index (χ1v) is 25.4. The number of fused-ring (bicyclic) bond motifs is 5. The molecule has 2 saturated heterocycles. The standard InChI is InChI=1S/C52H69FN5O9P/c1-7-49(64)28-33-27-48(4,38-25-34-12-9-10-13-35(34)36(38)16-21-57(29-33)31-49)37-26-39-40(24-32(37)3)56(6)45-51(39)18-22-58-20-11-17-50(8-2,44(51)58)46(62)52(45,65)47(63)54-19-23-66-43(61)30-55(5)41(59)14-15-42(60)67-68-53/h9-13,17,24,26,33,44-46,62,64-65,68H,7-8,14-16,18-23,25,27-31H2,1-6H3,(H,54,63)/t33-,44?,45?,46+,48+,49?,50+,51?,52-/m1/s1. The third kappa shape index (κ3) is 7.64. The highest BCUT2D eigenvalue weighted by molar-refractivity contribution is 7.26. The van der Waals surface area contributed by atoms with E-state index in [-0.39, 0.29) is 38.0 Å². The van der Waals surface area contributed by atoms with Crippen molar-refractivity contribution in [3.8, 4) is 0 Å². The maximum Gasteiger partial charge on any atom is 0.325 e. The molecule has 1 spiro atoms. The molecule has 2 aromatic rings. The Labute approximate surface area is 401 Å². The summed E-state index contributed by atoms with van der Waals surface area (Å²) < 4.78 is 22.0. The number of aliphatic hydroxyl groups excluding tert-OH is 1. The molecule has 14 nitrogen and oxygen atoms in total. The van der Waals surface area contributed by atoms with Crippen LogP contribution in [0.25, 0.3) is 5.57 Å². The second-order valence-corrected chi connectivity index (χ2v) is 21.6. The molecule has 7 aliphatic rings. The molecule has 11 atom stereocenters. The molecule has 0 radical (unpaired) electrons. The number of ether oxygens (including phenoxy) is 1. The molecule has 5 heterocycles. The average Bonchev–Trinajstić information content (AvgIpc) is 3.98. The first kappa shape index (κ1) is 48.8. The summed E-state index contributed by atoms with van der Waals surface area (Å²) in [6, 6.07) is 12.4. The number of esters is 1. The Morgan fingerprint density at radius 1 is 1.01 bits per heavy atom. The van der Waals surface area contributed by atoms with E-state index >= 15 is 0 Å². The van der Waals surface area contributed by atoms with E-state index in [2.05, 4.69) is 82.9 Å². The molecule has 2 amide bonds. The van der Waals surface area contributed by atoms with Gasteiger partial charge in [-0.05, 0) is 104 Å². The summed E-state index contributed by atoms with van der Waals surface area (Å²) in [6.45, 7) is 11.8. The Morgan fingerprint density at radius 3 is 2.54 bits per heavy atom. The van der Waals surface area contributed by atoms with Gasteiger partial charge in [-0.2, -0.15) is 4.20 Å². The predicted octanol–water partition coefficient (Wildman–Crippen LogP) is 4.64. The van der Waals surface area contributed by atoms with Crippen LogP contribution in [0.2, 0.25) is 0 Å². The highest BCUT2D eigenvalue weighted by atomic mass is 31.1. The number of hydrogen-bond acceptors (Lipinski definition) is 12. The number of rotatable bonds is 13. The molecule has 6 unspecified atom stereocenters. The number of benzene rings is 2. The van der Waals surface area contributed by atoms with Crippen molar-refractivity contribution in [2.24, 2.45) is 11.3 Å². The maximum absolute atomic E-state index is 14.9. The summed E-state index contributed by atoms with van der Waals surface area (Å²) in [7, 11) is 1.80. The number of allylic oxidation sites excluding steroid dienone is 1. The molecule has 68 heavy (non-hydrogen) atoms. The summed E-state index contributed by atoms with van der Waals surface area (Å²) in [6.07, 6.45) is 7.21. The molecule has 4 N–H and O–H groups in total. The van der Waals surface area contributed by atoms with Crippen LogP contribution in [0.3, 0.4) is 0 Å². The smallest absolute Gasteiger partial charge is 0.325 e. The van der Waals surface area contributed by atoms with Gasteiger partial charge in [0.15, 0.2) is 5.60 Å². The fourth-order valence-electron chi connectivity index (χ4n) is 14.7. The van der Waals surface area contributed by atoms with Gasteiger partial charge in [-0.25, -0.2) is 0 Å². The molecule has 9 rings (SSSR count). The minimum absolute atomic E-state index is 0.165. The second kappa shape index (κ2) is 18.2. The maximum atomic E-state index is 14.9. The lowest BCUT2D eigenvalue weighted by molar-refractivity contribution is -0.203. The zero-order chi connectivity index (χ0) is 48.6. The summed E-state index contributed by atoms with van der Waals surface area (Å²) in [5, 5.41) is 41.0. The Morgan fingerprint density at radius 2 is 1.79 bits per heavy atom. The Kier molecular flexibility index (Phi) is 13.0. The van der Waals surface area contributed by atoms with Crippen molar-refractivity contribution in [3.63, 3.8) is 0 Å². The van der Waals surface area contributed by atoms with Crippen LogP contribution in [0, 0.1) is 18.3 Å².